The lowest BCUT2D eigenvalue weighted by Gasteiger charge is -2.06. The van der Waals surface area contributed by atoms with Crippen molar-refractivity contribution in [1.29, 1.82) is 0 Å². The Hall–Kier alpha value is -2.35. The second-order valence-corrected chi connectivity index (χ2v) is 5.73. The van der Waals surface area contributed by atoms with Gasteiger partial charge in [0.15, 0.2) is 0 Å². The Labute approximate surface area is 132 Å². The van der Waals surface area contributed by atoms with Crippen LogP contribution in [0.1, 0.15) is 18.1 Å². The third-order valence-corrected chi connectivity index (χ3v) is 3.94. The van der Waals surface area contributed by atoms with Crippen LogP contribution in [0, 0.1) is 5.92 Å². The van der Waals surface area contributed by atoms with E-state index in [1.165, 1.54) is 23.2 Å². The van der Waals surface area contributed by atoms with Gasteiger partial charge in [-0.1, -0.05) is 55.5 Å². The van der Waals surface area contributed by atoms with E-state index < -0.39 is 0 Å². The molecule has 2 aliphatic heterocycles. The van der Waals surface area contributed by atoms with Crippen LogP contribution >= 0.6 is 0 Å². The number of para-hydroxylation sites is 2. The van der Waals surface area contributed by atoms with Crippen molar-refractivity contribution in [2.75, 3.05) is 11.9 Å². The quantitative estimate of drug-likeness (QED) is 0.693. The molecule has 0 fully saturated rings. The van der Waals surface area contributed by atoms with Crippen molar-refractivity contribution >= 4 is 17.6 Å². The number of nitrogens with zero attached hydrogens (tertiary/aromatic N) is 1. The van der Waals surface area contributed by atoms with Crippen LogP contribution in [0.5, 0.6) is 0 Å². The van der Waals surface area contributed by atoms with Crippen molar-refractivity contribution in [3.8, 4) is 0 Å². The zero-order valence-corrected chi connectivity index (χ0v) is 13.0. The van der Waals surface area contributed by atoms with Gasteiger partial charge in [0, 0.05) is 24.4 Å². The Morgan fingerprint density at radius 2 is 1.77 bits per heavy atom. The fourth-order valence-electron chi connectivity index (χ4n) is 2.71. The molecule has 22 heavy (non-hydrogen) atoms. The van der Waals surface area contributed by atoms with Gasteiger partial charge >= 0.3 is 0 Å². The molecule has 0 amide bonds. The van der Waals surface area contributed by atoms with Gasteiger partial charge in [0.05, 0.1) is 5.69 Å². The summed E-state index contributed by atoms with van der Waals surface area (Å²) in [5.74, 6) is 0.452. The van der Waals surface area contributed by atoms with E-state index in [0.29, 0.717) is 5.92 Å². The minimum absolute atomic E-state index is 0.452. The monoisotopic (exact) mass is 290 g/mol. The molecular weight excluding hydrogens is 268 g/mol. The van der Waals surface area contributed by atoms with Crippen molar-refractivity contribution in [2.45, 2.75) is 19.8 Å². The molecule has 0 bridgehead atoms. The lowest BCUT2D eigenvalue weighted by Crippen LogP contribution is -1.94. The van der Waals surface area contributed by atoms with Crippen LogP contribution < -0.4 is 5.32 Å². The van der Waals surface area contributed by atoms with E-state index >= 15 is 0 Å². The lowest BCUT2D eigenvalue weighted by molar-refractivity contribution is 1.00. The summed E-state index contributed by atoms with van der Waals surface area (Å²) >= 11 is 0. The molecule has 0 radical (unpaired) electrons. The summed E-state index contributed by atoms with van der Waals surface area (Å²) in [7, 11) is 0. The molecule has 112 valence electrons. The van der Waals surface area contributed by atoms with Gasteiger partial charge in [-0.15, -0.1) is 0 Å². The van der Waals surface area contributed by atoms with Gasteiger partial charge in [-0.25, -0.2) is 0 Å². The summed E-state index contributed by atoms with van der Waals surface area (Å²) in [5, 5.41) is 3.30. The van der Waals surface area contributed by atoms with Crippen LogP contribution in [0.25, 0.3) is 0 Å². The predicted octanol–water partition coefficient (Wildman–Crippen LogP) is 4.79. The Bertz CT molecular complexity index is 663. The summed E-state index contributed by atoms with van der Waals surface area (Å²) in [4.78, 5) is 4.45. The maximum absolute atomic E-state index is 4.45. The number of fused-ring (bicyclic) bond motifs is 2. The molecule has 1 atom stereocenters. The number of anilines is 1. The maximum Gasteiger partial charge on any atom is 0.0661 e. The fourth-order valence-corrected chi connectivity index (χ4v) is 2.71. The first kappa shape index (κ1) is 14.6. The van der Waals surface area contributed by atoms with E-state index in [-0.39, 0.29) is 0 Å². The number of nitrogens with one attached hydrogen (secondary N) is 1. The molecule has 2 heterocycles. The molecule has 0 spiro atoms. The second-order valence-electron chi connectivity index (χ2n) is 5.73. The van der Waals surface area contributed by atoms with Crippen LogP contribution in [-0.2, 0) is 12.8 Å². The Morgan fingerprint density at radius 1 is 1.00 bits per heavy atom. The molecular formula is C20H22N2. The van der Waals surface area contributed by atoms with Crippen LogP contribution in [-0.4, -0.2) is 12.8 Å². The van der Waals surface area contributed by atoms with E-state index in [1.54, 1.807) is 0 Å². The summed E-state index contributed by atoms with van der Waals surface area (Å²) in [6, 6.07) is 16.8. The van der Waals surface area contributed by atoms with Crippen molar-refractivity contribution < 1.29 is 0 Å². The van der Waals surface area contributed by atoms with Gasteiger partial charge in [-0.2, -0.15) is 0 Å². The van der Waals surface area contributed by atoms with E-state index in [9.17, 15) is 0 Å². The average molecular weight is 290 g/mol. The van der Waals surface area contributed by atoms with Crippen LogP contribution in [0.3, 0.4) is 0 Å². The summed E-state index contributed by atoms with van der Waals surface area (Å²) in [6.45, 7) is 3.26. The van der Waals surface area contributed by atoms with E-state index in [0.717, 1.165) is 18.7 Å². The Kier molecular flexibility index (Phi) is 4.69. The van der Waals surface area contributed by atoms with Crippen molar-refractivity contribution in [2.24, 2.45) is 10.9 Å². The largest absolute Gasteiger partial charge is 0.384 e. The Morgan fingerprint density at radius 3 is 2.64 bits per heavy atom. The number of allylic oxidation sites excluding steroid dienone is 2. The van der Waals surface area contributed by atoms with Crippen LogP contribution in [0.2, 0.25) is 0 Å². The zero-order valence-electron chi connectivity index (χ0n) is 13.0. The van der Waals surface area contributed by atoms with E-state index in [1.807, 2.05) is 12.3 Å². The molecule has 0 saturated carbocycles. The molecule has 2 aromatic rings. The normalized spacial score (nSPS) is 19.6. The fraction of sp³-hybridized carbons (Fsp3) is 0.250. The van der Waals surface area contributed by atoms with E-state index in [2.05, 4.69) is 71.8 Å². The summed E-state index contributed by atoms with van der Waals surface area (Å²) < 4.78 is 0. The topological polar surface area (TPSA) is 24.4 Å². The maximum atomic E-state index is 4.45. The van der Waals surface area contributed by atoms with Gasteiger partial charge in [-0.05, 0) is 36.1 Å². The number of rotatable bonds is 0. The lowest BCUT2D eigenvalue weighted by atomic mass is 10.1. The summed E-state index contributed by atoms with van der Waals surface area (Å²) in [6.07, 6.45) is 8.59. The first-order chi connectivity index (χ1) is 10.8. The predicted molar refractivity (Wildman–Crippen MR) is 95.2 cm³/mol. The number of hydrogen-bond acceptors (Lipinski definition) is 2. The molecule has 2 aliphatic rings. The number of aliphatic imine (C=N–C) groups is 1. The van der Waals surface area contributed by atoms with Crippen molar-refractivity contribution in [3.05, 3.63) is 71.8 Å². The first-order valence-electron chi connectivity index (χ1n) is 7.93. The van der Waals surface area contributed by atoms with Gasteiger partial charge < -0.3 is 5.32 Å². The molecule has 0 aliphatic carbocycles. The third-order valence-electron chi connectivity index (χ3n) is 3.94. The molecule has 4 rings (SSSR count). The van der Waals surface area contributed by atoms with Crippen molar-refractivity contribution in [3.63, 3.8) is 0 Å². The zero-order chi connectivity index (χ0) is 15.2. The number of hydrogen-bond donors (Lipinski definition) is 1. The van der Waals surface area contributed by atoms with Crippen LogP contribution in [0.15, 0.2) is 65.7 Å². The van der Waals surface area contributed by atoms with E-state index in [4.69, 9.17) is 0 Å². The van der Waals surface area contributed by atoms with Gasteiger partial charge in [0.1, 0.15) is 0 Å². The van der Waals surface area contributed by atoms with Crippen LogP contribution in [0.4, 0.5) is 11.4 Å². The minimum Gasteiger partial charge on any atom is -0.384 e. The SMILES string of the molecule is CC1C=Nc2ccccc2C/C=C/1.c1ccc2c(c1)CCN2. The second kappa shape index (κ2) is 7.08. The smallest absolute Gasteiger partial charge is 0.0661 e. The highest BCUT2D eigenvalue weighted by molar-refractivity contribution is 5.69. The van der Waals surface area contributed by atoms with Gasteiger partial charge in [0.25, 0.3) is 0 Å². The molecule has 2 heteroatoms. The van der Waals surface area contributed by atoms with Crippen molar-refractivity contribution in [1.82, 2.24) is 0 Å². The standard InChI is InChI=1S/C12H13N.C8H9N/c1-10-5-4-7-11-6-2-3-8-12(11)13-9-10;1-2-4-8-7(3-1)5-6-9-8/h2-6,8-10H,7H2,1H3;1-4,9H,5-6H2/b5-4+,13-9?;. The molecule has 0 aromatic heterocycles. The molecule has 1 N–H and O–H groups in total. The minimum atomic E-state index is 0.452. The highest BCUT2D eigenvalue weighted by Gasteiger charge is 2.06. The molecule has 1 unspecified atom stereocenters. The number of benzene rings is 2. The first-order valence-corrected chi connectivity index (χ1v) is 7.93. The van der Waals surface area contributed by atoms with Gasteiger partial charge in [0.2, 0.25) is 0 Å². The Balaban J connectivity index is 0.000000139. The average Bonchev–Trinajstić information content (AvgIpc) is 3.01. The highest BCUT2D eigenvalue weighted by Crippen LogP contribution is 2.21. The molecule has 0 saturated heterocycles. The van der Waals surface area contributed by atoms with Gasteiger partial charge in [-0.3, -0.25) is 4.99 Å². The highest BCUT2D eigenvalue weighted by atomic mass is 14.9. The summed E-state index contributed by atoms with van der Waals surface area (Å²) in [5.41, 5.74) is 5.19. The molecule has 2 aromatic carbocycles. The third kappa shape index (κ3) is 3.64. The molecule has 2 nitrogen and oxygen atoms in total.